The standard InChI is InChI=1S/C10H12N2O3/c1-15-9-4-5-10(12(13)14)8(7-9)3-2-6-11/h2-5,7H,6,11H2,1H3/b3-2+. The van der Waals surface area contributed by atoms with Crippen LogP contribution in [0.3, 0.4) is 0 Å². The molecular formula is C10H12N2O3. The van der Waals surface area contributed by atoms with Gasteiger partial charge >= 0.3 is 0 Å². The average Bonchev–Trinajstić information content (AvgIpc) is 2.25. The summed E-state index contributed by atoms with van der Waals surface area (Å²) in [5.41, 5.74) is 5.82. The van der Waals surface area contributed by atoms with Crippen molar-refractivity contribution < 1.29 is 9.66 Å². The van der Waals surface area contributed by atoms with Crippen molar-refractivity contribution in [2.75, 3.05) is 13.7 Å². The summed E-state index contributed by atoms with van der Waals surface area (Å²) in [7, 11) is 1.51. The molecule has 0 unspecified atom stereocenters. The molecule has 5 nitrogen and oxygen atoms in total. The predicted molar refractivity (Wildman–Crippen MR) is 57.7 cm³/mol. The molecule has 0 radical (unpaired) electrons. The molecule has 0 aromatic heterocycles. The van der Waals surface area contributed by atoms with Gasteiger partial charge in [-0.3, -0.25) is 10.1 Å². The quantitative estimate of drug-likeness (QED) is 0.601. The minimum atomic E-state index is -0.435. The van der Waals surface area contributed by atoms with E-state index >= 15 is 0 Å². The Morgan fingerprint density at radius 2 is 2.33 bits per heavy atom. The van der Waals surface area contributed by atoms with Gasteiger partial charge in [-0.15, -0.1) is 0 Å². The van der Waals surface area contributed by atoms with Crippen molar-refractivity contribution in [3.8, 4) is 5.75 Å². The molecule has 1 rings (SSSR count). The molecule has 0 aliphatic carbocycles. The van der Waals surface area contributed by atoms with E-state index in [1.54, 1.807) is 24.3 Å². The van der Waals surface area contributed by atoms with E-state index < -0.39 is 4.92 Å². The third-order valence-electron chi connectivity index (χ3n) is 1.86. The Morgan fingerprint density at radius 3 is 2.87 bits per heavy atom. The Morgan fingerprint density at radius 1 is 1.60 bits per heavy atom. The molecule has 0 aliphatic rings. The van der Waals surface area contributed by atoms with E-state index in [0.29, 0.717) is 17.9 Å². The highest BCUT2D eigenvalue weighted by Crippen LogP contribution is 2.24. The Kier molecular flexibility index (Phi) is 3.82. The molecule has 5 heteroatoms. The van der Waals surface area contributed by atoms with Crippen LogP contribution in [0.4, 0.5) is 5.69 Å². The average molecular weight is 208 g/mol. The van der Waals surface area contributed by atoms with Crippen LogP contribution in [0.2, 0.25) is 0 Å². The fraction of sp³-hybridized carbons (Fsp3) is 0.200. The summed E-state index contributed by atoms with van der Waals surface area (Å²) in [6.45, 7) is 0.342. The van der Waals surface area contributed by atoms with Crippen molar-refractivity contribution in [2.45, 2.75) is 0 Å². The highest BCUT2D eigenvalue weighted by Gasteiger charge is 2.11. The number of nitrogens with two attached hydrogens (primary N) is 1. The summed E-state index contributed by atoms with van der Waals surface area (Å²) in [4.78, 5) is 10.2. The maximum atomic E-state index is 10.7. The van der Waals surface area contributed by atoms with E-state index in [4.69, 9.17) is 10.5 Å². The summed E-state index contributed by atoms with van der Waals surface area (Å²) >= 11 is 0. The molecule has 0 fully saturated rings. The molecule has 80 valence electrons. The number of methoxy groups -OCH3 is 1. The van der Waals surface area contributed by atoms with Crippen molar-refractivity contribution in [1.82, 2.24) is 0 Å². The van der Waals surface area contributed by atoms with Crippen LogP contribution in [0.5, 0.6) is 5.75 Å². The maximum absolute atomic E-state index is 10.7. The van der Waals surface area contributed by atoms with E-state index in [1.807, 2.05) is 0 Å². The number of benzene rings is 1. The molecule has 1 aromatic carbocycles. The van der Waals surface area contributed by atoms with Crippen LogP contribution in [0.15, 0.2) is 24.3 Å². The first-order valence-electron chi connectivity index (χ1n) is 4.38. The van der Waals surface area contributed by atoms with Gasteiger partial charge in [0.25, 0.3) is 5.69 Å². The van der Waals surface area contributed by atoms with E-state index in [2.05, 4.69) is 0 Å². The maximum Gasteiger partial charge on any atom is 0.276 e. The molecule has 1 aromatic rings. The fourth-order valence-corrected chi connectivity index (χ4v) is 1.15. The SMILES string of the molecule is COc1ccc([N+](=O)[O-])c(/C=C/CN)c1. The molecule has 0 heterocycles. The second kappa shape index (κ2) is 5.11. The predicted octanol–water partition coefficient (Wildman–Crippen LogP) is 1.58. The van der Waals surface area contributed by atoms with Crippen LogP contribution >= 0.6 is 0 Å². The highest BCUT2D eigenvalue weighted by molar-refractivity contribution is 5.63. The van der Waals surface area contributed by atoms with Crippen molar-refractivity contribution in [3.05, 3.63) is 40.0 Å². The van der Waals surface area contributed by atoms with E-state index in [1.165, 1.54) is 13.2 Å². The first kappa shape index (κ1) is 11.2. The zero-order chi connectivity index (χ0) is 11.3. The largest absolute Gasteiger partial charge is 0.497 e. The minimum Gasteiger partial charge on any atom is -0.497 e. The summed E-state index contributed by atoms with van der Waals surface area (Å²) in [6.07, 6.45) is 3.27. The van der Waals surface area contributed by atoms with Crippen LogP contribution in [-0.2, 0) is 0 Å². The zero-order valence-corrected chi connectivity index (χ0v) is 8.34. The van der Waals surface area contributed by atoms with Gasteiger partial charge in [0, 0.05) is 12.6 Å². The molecule has 0 spiro atoms. The number of rotatable bonds is 4. The lowest BCUT2D eigenvalue weighted by atomic mass is 10.1. The van der Waals surface area contributed by atoms with Gasteiger partial charge in [-0.1, -0.05) is 12.2 Å². The molecular weight excluding hydrogens is 196 g/mol. The number of hydrogen-bond acceptors (Lipinski definition) is 4. The van der Waals surface area contributed by atoms with Crippen LogP contribution in [0.1, 0.15) is 5.56 Å². The highest BCUT2D eigenvalue weighted by atomic mass is 16.6. The summed E-state index contributed by atoms with van der Waals surface area (Å²) in [6, 6.07) is 4.57. The zero-order valence-electron chi connectivity index (χ0n) is 8.34. The summed E-state index contributed by atoms with van der Waals surface area (Å²) < 4.78 is 4.98. The lowest BCUT2D eigenvalue weighted by Gasteiger charge is -2.01. The third kappa shape index (κ3) is 2.78. The van der Waals surface area contributed by atoms with Crippen LogP contribution in [0.25, 0.3) is 6.08 Å². The van der Waals surface area contributed by atoms with Crippen LogP contribution in [-0.4, -0.2) is 18.6 Å². The third-order valence-corrected chi connectivity index (χ3v) is 1.86. The van der Waals surface area contributed by atoms with Crippen molar-refractivity contribution in [3.63, 3.8) is 0 Å². The molecule has 0 aliphatic heterocycles. The number of hydrogen-bond donors (Lipinski definition) is 1. The molecule has 2 N–H and O–H groups in total. The topological polar surface area (TPSA) is 78.4 Å². The second-order valence-electron chi connectivity index (χ2n) is 2.82. The van der Waals surface area contributed by atoms with Crippen LogP contribution in [0, 0.1) is 10.1 Å². The normalized spacial score (nSPS) is 10.5. The van der Waals surface area contributed by atoms with Crippen molar-refractivity contribution >= 4 is 11.8 Å². The number of nitro groups is 1. The van der Waals surface area contributed by atoms with Crippen molar-refractivity contribution in [2.24, 2.45) is 5.73 Å². The van der Waals surface area contributed by atoms with Gasteiger partial charge in [0.1, 0.15) is 5.75 Å². The van der Waals surface area contributed by atoms with Gasteiger partial charge in [-0.25, -0.2) is 0 Å². The molecule has 0 saturated carbocycles. The molecule has 0 bridgehead atoms. The van der Waals surface area contributed by atoms with Gasteiger partial charge in [-0.05, 0) is 12.1 Å². The van der Waals surface area contributed by atoms with Gasteiger partial charge in [0.15, 0.2) is 0 Å². The molecule has 0 saturated heterocycles. The van der Waals surface area contributed by atoms with Gasteiger partial charge in [0.05, 0.1) is 17.6 Å². The monoisotopic (exact) mass is 208 g/mol. The lowest BCUT2D eigenvalue weighted by molar-refractivity contribution is -0.385. The number of nitro benzene ring substituents is 1. The lowest BCUT2D eigenvalue weighted by Crippen LogP contribution is -1.95. The summed E-state index contributed by atoms with van der Waals surface area (Å²) in [5.74, 6) is 0.581. The Hall–Kier alpha value is -1.88. The molecule has 0 amide bonds. The smallest absolute Gasteiger partial charge is 0.276 e. The second-order valence-corrected chi connectivity index (χ2v) is 2.82. The Balaban J connectivity index is 3.16. The van der Waals surface area contributed by atoms with Gasteiger partial charge < -0.3 is 10.5 Å². The first-order chi connectivity index (χ1) is 7.19. The van der Waals surface area contributed by atoms with E-state index in [-0.39, 0.29) is 5.69 Å². The van der Waals surface area contributed by atoms with E-state index in [9.17, 15) is 10.1 Å². The Labute approximate surface area is 87.3 Å². The number of nitrogens with zero attached hydrogens (tertiary/aromatic N) is 1. The van der Waals surface area contributed by atoms with Gasteiger partial charge in [0.2, 0.25) is 0 Å². The Bertz CT molecular complexity index is 388. The van der Waals surface area contributed by atoms with Crippen molar-refractivity contribution in [1.29, 1.82) is 0 Å². The molecule has 0 atom stereocenters. The fourth-order valence-electron chi connectivity index (χ4n) is 1.15. The number of ether oxygens (including phenoxy) is 1. The van der Waals surface area contributed by atoms with Crippen LogP contribution < -0.4 is 10.5 Å². The first-order valence-corrected chi connectivity index (χ1v) is 4.38. The van der Waals surface area contributed by atoms with E-state index in [0.717, 1.165) is 0 Å². The van der Waals surface area contributed by atoms with Gasteiger partial charge in [-0.2, -0.15) is 0 Å². The summed E-state index contributed by atoms with van der Waals surface area (Å²) in [5, 5.41) is 10.7. The molecule has 15 heavy (non-hydrogen) atoms. The minimum absolute atomic E-state index is 0.0421.